The van der Waals surface area contributed by atoms with Gasteiger partial charge in [0.25, 0.3) is 5.91 Å². The summed E-state index contributed by atoms with van der Waals surface area (Å²) in [6.45, 7) is 11.7. The molecule has 1 aliphatic heterocycles. The first-order chi connectivity index (χ1) is 36.1. The van der Waals surface area contributed by atoms with Gasteiger partial charge in [-0.25, -0.2) is 4.98 Å². The Balaban J connectivity index is 0.725. The van der Waals surface area contributed by atoms with Crippen molar-refractivity contribution >= 4 is 62.7 Å². The van der Waals surface area contributed by atoms with Gasteiger partial charge in [-0.2, -0.15) is 0 Å². The quantitative estimate of drug-likeness (QED) is 0.0212. The molecule has 0 saturated heterocycles. The lowest BCUT2D eigenvalue weighted by atomic mass is 9.88. The molecule has 3 atom stereocenters. The monoisotopic (exact) mass is 1100 g/mol. The van der Waals surface area contributed by atoms with Crippen molar-refractivity contribution < 1.29 is 47.5 Å². The molecule has 1 aliphatic rings. The number of anilines is 2. The second kappa shape index (κ2) is 31.9. The number of ether oxygens (including phenoxy) is 7. The molecule has 1 unspecified atom stereocenters. The van der Waals surface area contributed by atoms with Crippen LogP contribution in [0.1, 0.15) is 79.3 Å². The summed E-state index contributed by atoms with van der Waals surface area (Å²) < 4.78 is 40.1. The Bertz CT molecular complexity index is 2520. The fraction of sp³-hybridized carbons (Fsp3) is 0.404. The number of hydrogen-bond donors (Lipinski definition) is 3. The maximum atomic E-state index is 12.9. The maximum absolute atomic E-state index is 12.9. The van der Waals surface area contributed by atoms with Gasteiger partial charge >= 0.3 is 0 Å². The van der Waals surface area contributed by atoms with E-state index in [0.29, 0.717) is 113 Å². The molecule has 0 spiro atoms. The zero-order chi connectivity index (χ0) is 52.3. The van der Waals surface area contributed by atoms with Crippen molar-refractivity contribution in [3.05, 3.63) is 147 Å². The number of carbonyl (C=O) groups excluding carboxylic acids is 3. The number of benzene rings is 4. The Morgan fingerprint density at radius 2 is 1.34 bits per heavy atom. The standard InChI is InChI=1S/C57H69BrClN5O10/c1-4-6-52(63-56(66)24-20-48-7-5-8-55(58)62-48)44-13-21-50(22-14-44)74-38-37-73-36-35-72-34-33-71-32-31-70-30-29-69-28-27-68-26-25-60-57(67)45-11-9-43(10-12-45)46-15-23-54-51(40-46)53(39-41(2)64(54)42(3)65)61-49-18-16-47(59)17-19-49/h5,7-24,40-41,52-53,61H,4,6,25-39H2,1-3H3,(H,60,67)(H,63,66)/b24-20+/t41-,52?,53+/m0/s1. The molecule has 0 saturated carbocycles. The van der Waals surface area contributed by atoms with E-state index in [9.17, 15) is 14.4 Å². The SMILES string of the molecule is CCCC(NC(=O)/C=C/c1cccc(Br)n1)c1ccc(OCCOCCOCCOCCOCCOCCOCCNC(=O)c2ccc(-c3ccc4c(c3)[C@H](Nc3ccc(Cl)cc3)C[C@H](C)N4C(C)=O)cc2)cc1. The molecule has 2 heterocycles. The number of amides is 3. The highest BCUT2D eigenvalue weighted by Crippen LogP contribution is 2.41. The van der Waals surface area contributed by atoms with Gasteiger partial charge in [0.1, 0.15) is 17.0 Å². The van der Waals surface area contributed by atoms with Crippen LogP contribution >= 0.6 is 27.5 Å². The summed E-state index contributed by atoms with van der Waals surface area (Å²) in [5.41, 5.74) is 7.11. The molecule has 3 N–H and O–H groups in total. The van der Waals surface area contributed by atoms with Crippen LogP contribution < -0.4 is 25.6 Å². The molecule has 4 aromatic carbocycles. The molecule has 0 aliphatic carbocycles. The average Bonchev–Trinajstić information content (AvgIpc) is 3.40. The summed E-state index contributed by atoms with van der Waals surface area (Å²) in [5.74, 6) is 0.383. The van der Waals surface area contributed by atoms with E-state index in [-0.39, 0.29) is 35.8 Å². The van der Waals surface area contributed by atoms with Crippen LogP contribution in [0, 0.1) is 0 Å². The number of pyridine rings is 1. The average molecular weight is 1100 g/mol. The molecule has 15 nitrogen and oxygen atoms in total. The smallest absolute Gasteiger partial charge is 0.251 e. The van der Waals surface area contributed by atoms with Crippen LogP contribution in [0.2, 0.25) is 5.02 Å². The van der Waals surface area contributed by atoms with Crippen LogP contribution in [-0.4, -0.2) is 121 Å². The Kier molecular flexibility index (Phi) is 24.8. The van der Waals surface area contributed by atoms with Gasteiger partial charge in [-0.1, -0.05) is 61.3 Å². The van der Waals surface area contributed by atoms with Crippen LogP contribution in [0.4, 0.5) is 11.4 Å². The van der Waals surface area contributed by atoms with Gasteiger partial charge in [-0.05, 0) is 137 Å². The summed E-state index contributed by atoms with van der Waals surface area (Å²) in [7, 11) is 0. The van der Waals surface area contributed by atoms with Crippen molar-refractivity contribution in [1.82, 2.24) is 15.6 Å². The third-order valence-corrected chi connectivity index (χ3v) is 12.6. The molecule has 6 rings (SSSR count). The van der Waals surface area contributed by atoms with Crippen LogP contribution in [0.5, 0.6) is 5.75 Å². The van der Waals surface area contributed by atoms with Crippen molar-refractivity contribution in [2.45, 2.75) is 58.2 Å². The first kappa shape index (κ1) is 57.6. The van der Waals surface area contributed by atoms with Crippen LogP contribution in [-0.2, 0) is 38.0 Å². The second-order valence-corrected chi connectivity index (χ2v) is 18.7. The zero-order valence-corrected chi connectivity index (χ0v) is 44.9. The van der Waals surface area contributed by atoms with Crippen molar-refractivity contribution in [3.8, 4) is 16.9 Å². The number of halogens is 2. The minimum absolute atomic E-state index is 0.00752. The van der Waals surface area contributed by atoms with Crippen LogP contribution in [0.25, 0.3) is 17.2 Å². The number of aromatic nitrogens is 1. The van der Waals surface area contributed by atoms with Crippen molar-refractivity contribution in [1.29, 1.82) is 0 Å². The summed E-state index contributed by atoms with van der Waals surface area (Å²) in [6, 6.07) is 34.5. The normalized spacial score (nSPS) is 14.6. The minimum Gasteiger partial charge on any atom is -0.491 e. The lowest BCUT2D eigenvalue weighted by Gasteiger charge is -2.39. The van der Waals surface area contributed by atoms with Gasteiger partial charge in [-0.3, -0.25) is 14.4 Å². The highest BCUT2D eigenvalue weighted by atomic mass is 79.9. The number of nitrogens with zero attached hydrogens (tertiary/aromatic N) is 2. The number of hydrogen-bond acceptors (Lipinski definition) is 12. The summed E-state index contributed by atoms with van der Waals surface area (Å²) >= 11 is 9.48. The molecule has 396 valence electrons. The highest BCUT2D eigenvalue weighted by Gasteiger charge is 2.33. The van der Waals surface area contributed by atoms with E-state index < -0.39 is 0 Å². The summed E-state index contributed by atoms with van der Waals surface area (Å²) in [6.07, 6.45) is 5.68. The molecule has 5 aromatic rings. The van der Waals surface area contributed by atoms with Gasteiger partial charge in [0.2, 0.25) is 11.8 Å². The molecular weight excluding hydrogens is 1030 g/mol. The fourth-order valence-electron chi connectivity index (χ4n) is 8.29. The second-order valence-electron chi connectivity index (χ2n) is 17.4. The molecule has 17 heteroatoms. The van der Waals surface area contributed by atoms with Crippen molar-refractivity contribution in [2.24, 2.45) is 0 Å². The largest absolute Gasteiger partial charge is 0.491 e. The van der Waals surface area contributed by atoms with E-state index in [0.717, 1.165) is 58.6 Å². The Morgan fingerprint density at radius 3 is 1.93 bits per heavy atom. The Hall–Kier alpha value is -5.69. The molecule has 3 amide bonds. The first-order valence-corrected chi connectivity index (χ1v) is 26.4. The predicted octanol–water partition coefficient (Wildman–Crippen LogP) is 10.0. The van der Waals surface area contributed by atoms with E-state index in [1.54, 1.807) is 13.0 Å². The van der Waals surface area contributed by atoms with Crippen molar-refractivity contribution in [2.75, 3.05) is 103 Å². The topological polar surface area (TPSA) is 168 Å². The van der Waals surface area contributed by atoms with E-state index in [1.807, 2.05) is 108 Å². The van der Waals surface area contributed by atoms with Crippen LogP contribution in [0.3, 0.4) is 0 Å². The van der Waals surface area contributed by atoms with E-state index >= 15 is 0 Å². The molecule has 0 bridgehead atoms. The highest BCUT2D eigenvalue weighted by molar-refractivity contribution is 9.10. The van der Waals surface area contributed by atoms with Gasteiger partial charge in [0, 0.05) is 47.5 Å². The molecule has 0 radical (unpaired) electrons. The van der Waals surface area contributed by atoms with Gasteiger partial charge in [-0.15, -0.1) is 0 Å². The third-order valence-electron chi connectivity index (χ3n) is 11.9. The Morgan fingerprint density at radius 1 is 0.743 bits per heavy atom. The molecular formula is C57H69BrClN5O10. The zero-order valence-electron chi connectivity index (χ0n) is 42.5. The Labute approximate surface area is 448 Å². The maximum Gasteiger partial charge on any atom is 0.251 e. The van der Waals surface area contributed by atoms with Gasteiger partial charge < -0.3 is 54.0 Å². The molecule has 0 fully saturated rings. The van der Waals surface area contributed by atoms with E-state index in [4.69, 9.17) is 44.8 Å². The van der Waals surface area contributed by atoms with Crippen molar-refractivity contribution in [3.63, 3.8) is 0 Å². The van der Waals surface area contributed by atoms with Gasteiger partial charge in [0.15, 0.2) is 0 Å². The lowest BCUT2D eigenvalue weighted by molar-refractivity contribution is -0.118. The van der Waals surface area contributed by atoms with E-state index in [2.05, 4.69) is 56.8 Å². The number of fused-ring (bicyclic) bond motifs is 1. The molecule has 74 heavy (non-hydrogen) atoms. The lowest BCUT2D eigenvalue weighted by Crippen LogP contribution is -2.43. The van der Waals surface area contributed by atoms with Crippen LogP contribution in [0.15, 0.2) is 120 Å². The number of rotatable bonds is 32. The predicted molar refractivity (Wildman–Crippen MR) is 293 cm³/mol. The first-order valence-electron chi connectivity index (χ1n) is 25.2. The van der Waals surface area contributed by atoms with E-state index in [1.165, 1.54) is 6.08 Å². The third kappa shape index (κ3) is 19.5. The number of carbonyl (C=O) groups is 3. The number of nitrogens with one attached hydrogen (secondary N) is 3. The summed E-state index contributed by atoms with van der Waals surface area (Å²) in [4.78, 5) is 44.4. The minimum atomic E-state index is -0.180. The molecule has 1 aromatic heterocycles. The fourth-order valence-corrected chi connectivity index (χ4v) is 8.77. The van der Waals surface area contributed by atoms with Gasteiger partial charge in [0.05, 0.1) is 97.1 Å². The summed E-state index contributed by atoms with van der Waals surface area (Å²) in [5, 5.41) is 10.3.